The van der Waals surface area contributed by atoms with Gasteiger partial charge in [-0.05, 0) is 41.4 Å². The van der Waals surface area contributed by atoms with Crippen molar-refractivity contribution in [3.05, 3.63) is 22.9 Å². The van der Waals surface area contributed by atoms with Crippen LogP contribution in [0.2, 0.25) is 0 Å². The van der Waals surface area contributed by atoms with Crippen LogP contribution in [0.5, 0.6) is 5.75 Å². The van der Waals surface area contributed by atoms with E-state index in [-0.39, 0.29) is 0 Å². The summed E-state index contributed by atoms with van der Waals surface area (Å²) in [4.78, 5) is 3.98. The van der Waals surface area contributed by atoms with Gasteiger partial charge in [0.15, 0.2) is 0 Å². The molecule has 1 aromatic heterocycles. The van der Waals surface area contributed by atoms with E-state index in [9.17, 15) is 0 Å². The van der Waals surface area contributed by atoms with Gasteiger partial charge < -0.3 is 10.1 Å². The molecule has 2 rings (SSSR count). The molecular weight excluding hydrogens is 244 g/mol. The maximum absolute atomic E-state index is 5.67. The Balaban J connectivity index is 1.88. The van der Waals surface area contributed by atoms with Gasteiger partial charge in [-0.15, -0.1) is 0 Å². The van der Waals surface area contributed by atoms with Crippen molar-refractivity contribution in [1.82, 2.24) is 10.3 Å². The fourth-order valence-corrected chi connectivity index (χ4v) is 1.93. The first-order chi connectivity index (χ1) is 6.86. The molecule has 1 unspecified atom stereocenters. The van der Waals surface area contributed by atoms with Gasteiger partial charge in [0, 0.05) is 18.4 Å². The minimum atomic E-state index is 0.509. The number of nitrogens with zero attached hydrogens (tertiary/aromatic N) is 1. The number of hydrogen-bond acceptors (Lipinski definition) is 3. The maximum Gasteiger partial charge on any atom is 0.136 e. The van der Waals surface area contributed by atoms with E-state index in [1.54, 1.807) is 12.4 Å². The minimum absolute atomic E-state index is 0.509. The Morgan fingerprint density at radius 3 is 3.29 bits per heavy atom. The van der Waals surface area contributed by atoms with Crippen molar-refractivity contribution < 1.29 is 4.74 Å². The SMILES string of the molecule is Brc1cnccc1OCC1CCCN1. The van der Waals surface area contributed by atoms with Gasteiger partial charge in [-0.2, -0.15) is 0 Å². The first-order valence-electron chi connectivity index (χ1n) is 4.82. The summed E-state index contributed by atoms with van der Waals surface area (Å²) < 4.78 is 6.59. The van der Waals surface area contributed by atoms with Gasteiger partial charge in [-0.1, -0.05) is 0 Å². The van der Waals surface area contributed by atoms with Gasteiger partial charge in [0.05, 0.1) is 4.47 Å². The van der Waals surface area contributed by atoms with Gasteiger partial charge >= 0.3 is 0 Å². The molecule has 0 bridgehead atoms. The predicted molar refractivity (Wildman–Crippen MR) is 58.5 cm³/mol. The molecule has 0 aliphatic carbocycles. The zero-order valence-electron chi connectivity index (χ0n) is 7.87. The first-order valence-corrected chi connectivity index (χ1v) is 5.61. The Labute approximate surface area is 92.0 Å². The smallest absolute Gasteiger partial charge is 0.136 e. The van der Waals surface area contributed by atoms with Crippen molar-refractivity contribution >= 4 is 15.9 Å². The third-order valence-electron chi connectivity index (χ3n) is 2.34. The monoisotopic (exact) mass is 256 g/mol. The second-order valence-electron chi connectivity index (χ2n) is 3.41. The molecule has 0 saturated carbocycles. The fraction of sp³-hybridized carbons (Fsp3) is 0.500. The lowest BCUT2D eigenvalue weighted by Crippen LogP contribution is -2.28. The molecule has 0 amide bonds. The molecule has 76 valence electrons. The third-order valence-corrected chi connectivity index (χ3v) is 2.93. The van der Waals surface area contributed by atoms with E-state index in [0.717, 1.165) is 23.4 Å². The van der Waals surface area contributed by atoms with Crippen LogP contribution in [-0.4, -0.2) is 24.2 Å². The van der Waals surface area contributed by atoms with Crippen molar-refractivity contribution in [2.75, 3.05) is 13.2 Å². The molecule has 0 aromatic carbocycles. The Kier molecular flexibility index (Phi) is 3.37. The number of hydrogen-bond donors (Lipinski definition) is 1. The molecule has 1 fully saturated rings. The quantitative estimate of drug-likeness (QED) is 0.898. The van der Waals surface area contributed by atoms with Gasteiger partial charge in [0.1, 0.15) is 12.4 Å². The summed E-state index contributed by atoms with van der Waals surface area (Å²) in [7, 11) is 0. The lowest BCUT2D eigenvalue weighted by molar-refractivity contribution is 0.275. The van der Waals surface area contributed by atoms with Crippen molar-refractivity contribution in [2.24, 2.45) is 0 Å². The highest BCUT2D eigenvalue weighted by Crippen LogP contribution is 2.23. The number of ether oxygens (including phenoxy) is 1. The lowest BCUT2D eigenvalue weighted by atomic mass is 10.2. The lowest BCUT2D eigenvalue weighted by Gasteiger charge is -2.12. The van der Waals surface area contributed by atoms with Crippen LogP contribution in [-0.2, 0) is 0 Å². The topological polar surface area (TPSA) is 34.1 Å². The van der Waals surface area contributed by atoms with Gasteiger partial charge in [-0.25, -0.2) is 0 Å². The summed E-state index contributed by atoms with van der Waals surface area (Å²) >= 11 is 3.40. The molecule has 4 heteroatoms. The highest BCUT2D eigenvalue weighted by molar-refractivity contribution is 9.10. The van der Waals surface area contributed by atoms with E-state index >= 15 is 0 Å². The molecule has 3 nitrogen and oxygen atoms in total. The standard InChI is InChI=1S/C10H13BrN2O/c11-9-6-12-5-3-10(9)14-7-8-2-1-4-13-8/h3,5-6,8,13H,1-2,4,7H2. The average Bonchev–Trinajstić information content (AvgIpc) is 2.69. The van der Waals surface area contributed by atoms with E-state index in [1.165, 1.54) is 12.8 Å². The van der Waals surface area contributed by atoms with Crippen LogP contribution >= 0.6 is 15.9 Å². The van der Waals surface area contributed by atoms with Crippen LogP contribution in [0.3, 0.4) is 0 Å². The van der Waals surface area contributed by atoms with Crippen molar-refractivity contribution in [1.29, 1.82) is 0 Å². The largest absolute Gasteiger partial charge is 0.491 e. The summed E-state index contributed by atoms with van der Waals surface area (Å²) in [5.74, 6) is 0.869. The molecule has 0 spiro atoms. The van der Waals surface area contributed by atoms with Crippen LogP contribution in [0.15, 0.2) is 22.9 Å². The van der Waals surface area contributed by atoms with Crippen LogP contribution in [0.1, 0.15) is 12.8 Å². The summed E-state index contributed by atoms with van der Waals surface area (Å²) in [6, 6.07) is 2.38. The van der Waals surface area contributed by atoms with E-state index in [4.69, 9.17) is 4.74 Å². The van der Waals surface area contributed by atoms with Crippen LogP contribution in [0.4, 0.5) is 0 Å². The second-order valence-corrected chi connectivity index (χ2v) is 4.26. The van der Waals surface area contributed by atoms with E-state index in [1.807, 2.05) is 6.07 Å². The summed E-state index contributed by atoms with van der Waals surface area (Å²) in [6.07, 6.45) is 5.95. The Hall–Kier alpha value is -0.610. The summed E-state index contributed by atoms with van der Waals surface area (Å²) in [5.41, 5.74) is 0. The molecule has 2 heterocycles. The molecule has 1 aromatic rings. The van der Waals surface area contributed by atoms with Gasteiger partial charge in [0.2, 0.25) is 0 Å². The summed E-state index contributed by atoms with van der Waals surface area (Å²) in [6.45, 7) is 1.86. The van der Waals surface area contributed by atoms with Crippen molar-refractivity contribution in [3.8, 4) is 5.75 Å². The zero-order chi connectivity index (χ0) is 9.80. The normalized spacial score (nSPS) is 21.1. The predicted octanol–water partition coefficient (Wildman–Crippen LogP) is 1.97. The first kappa shape index (κ1) is 9.93. The number of aromatic nitrogens is 1. The van der Waals surface area contributed by atoms with Crippen molar-refractivity contribution in [3.63, 3.8) is 0 Å². The molecule has 1 atom stereocenters. The molecule has 0 radical (unpaired) electrons. The van der Waals surface area contributed by atoms with Gasteiger partial charge in [-0.3, -0.25) is 4.98 Å². The van der Waals surface area contributed by atoms with Crippen LogP contribution in [0, 0.1) is 0 Å². The van der Waals surface area contributed by atoms with Crippen LogP contribution in [0.25, 0.3) is 0 Å². The number of nitrogens with one attached hydrogen (secondary N) is 1. The zero-order valence-corrected chi connectivity index (χ0v) is 9.46. The minimum Gasteiger partial charge on any atom is -0.491 e. The second kappa shape index (κ2) is 4.75. The molecule has 1 saturated heterocycles. The molecule has 14 heavy (non-hydrogen) atoms. The van der Waals surface area contributed by atoms with Crippen LogP contribution < -0.4 is 10.1 Å². The molecular formula is C10H13BrN2O. The Morgan fingerprint density at radius 1 is 1.64 bits per heavy atom. The van der Waals surface area contributed by atoms with Gasteiger partial charge in [0.25, 0.3) is 0 Å². The molecule has 1 aliphatic heterocycles. The Morgan fingerprint density at radius 2 is 2.57 bits per heavy atom. The maximum atomic E-state index is 5.67. The van der Waals surface area contributed by atoms with E-state index < -0.39 is 0 Å². The number of pyridine rings is 1. The molecule has 1 N–H and O–H groups in total. The van der Waals surface area contributed by atoms with Crippen molar-refractivity contribution in [2.45, 2.75) is 18.9 Å². The fourth-order valence-electron chi connectivity index (χ4n) is 1.57. The number of halogens is 1. The van der Waals surface area contributed by atoms with E-state index in [0.29, 0.717) is 6.04 Å². The third kappa shape index (κ3) is 2.45. The summed E-state index contributed by atoms with van der Waals surface area (Å²) in [5, 5.41) is 3.39. The average molecular weight is 257 g/mol. The highest BCUT2D eigenvalue weighted by atomic mass is 79.9. The number of rotatable bonds is 3. The van der Waals surface area contributed by atoms with E-state index in [2.05, 4.69) is 26.2 Å². The highest BCUT2D eigenvalue weighted by Gasteiger charge is 2.14. The molecule has 1 aliphatic rings. The Bertz CT molecular complexity index is 300.